The summed E-state index contributed by atoms with van der Waals surface area (Å²) < 4.78 is 40.5. The standard InChI is InChI=1S/C21H21F3N2O3/c22-21(23,24)29-18-8-6-17(7-9-18)20(28)26-12-10-16(11-13-26)19(27)25-14-15-4-2-1-3-5-15/h1-9,16H,10-14H2,(H,25,27). The molecule has 0 atom stereocenters. The van der Waals surface area contributed by atoms with Crippen LogP contribution in [0.2, 0.25) is 0 Å². The molecule has 29 heavy (non-hydrogen) atoms. The minimum Gasteiger partial charge on any atom is -0.406 e. The molecule has 1 N–H and O–H groups in total. The number of hydrogen-bond donors (Lipinski definition) is 1. The van der Waals surface area contributed by atoms with Gasteiger partial charge in [0, 0.05) is 31.1 Å². The first kappa shape index (κ1) is 20.7. The Balaban J connectivity index is 1.48. The van der Waals surface area contributed by atoms with Gasteiger partial charge in [-0.1, -0.05) is 30.3 Å². The smallest absolute Gasteiger partial charge is 0.406 e. The van der Waals surface area contributed by atoms with Crippen molar-refractivity contribution in [3.8, 4) is 5.75 Å². The number of nitrogens with zero attached hydrogens (tertiary/aromatic N) is 1. The first-order chi connectivity index (χ1) is 13.8. The van der Waals surface area contributed by atoms with Gasteiger partial charge in [0.15, 0.2) is 0 Å². The number of rotatable bonds is 5. The molecule has 0 radical (unpaired) electrons. The predicted molar refractivity (Wildman–Crippen MR) is 100 cm³/mol. The number of halogens is 3. The summed E-state index contributed by atoms with van der Waals surface area (Å²) in [6.45, 7) is 1.30. The molecular formula is C21H21F3N2O3. The topological polar surface area (TPSA) is 58.6 Å². The van der Waals surface area contributed by atoms with E-state index in [1.165, 1.54) is 12.1 Å². The van der Waals surface area contributed by atoms with Gasteiger partial charge in [0.05, 0.1) is 0 Å². The van der Waals surface area contributed by atoms with E-state index in [4.69, 9.17) is 0 Å². The van der Waals surface area contributed by atoms with Crippen LogP contribution in [0, 0.1) is 5.92 Å². The zero-order valence-electron chi connectivity index (χ0n) is 15.6. The van der Waals surface area contributed by atoms with E-state index in [-0.39, 0.29) is 29.0 Å². The summed E-state index contributed by atoms with van der Waals surface area (Å²) >= 11 is 0. The molecule has 1 heterocycles. The van der Waals surface area contributed by atoms with Gasteiger partial charge in [-0.3, -0.25) is 9.59 Å². The minimum absolute atomic E-state index is 0.0328. The highest BCUT2D eigenvalue weighted by atomic mass is 19.4. The number of amides is 2. The normalized spacial score (nSPS) is 15.1. The van der Waals surface area contributed by atoms with Crippen LogP contribution in [0.1, 0.15) is 28.8 Å². The highest BCUT2D eigenvalue weighted by Gasteiger charge is 2.31. The van der Waals surface area contributed by atoms with Crippen molar-refractivity contribution >= 4 is 11.8 Å². The Morgan fingerprint density at radius 1 is 1.00 bits per heavy atom. The maximum absolute atomic E-state index is 12.5. The van der Waals surface area contributed by atoms with Crippen molar-refractivity contribution in [3.63, 3.8) is 0 Å². The summed E-state index contributed by atoms with van der Waals surface area (Å²) in [5, 5.41) is 2.92. The van der Waals surface area contributed by atoms with Crippen LogP contribution in [0.15, 0.2) is 54.6 Å². The Hall–Kier alpha value is -3.03. The van der Waals surface area contributed by atoms with Gasteiger partial charge in [0.25, 0.3) is 5.91 Å². The van der Waals surface area contributed by atoms with E-state index in [1.54, 1.807) is 4.90 Å². The lowest BCUT2D eigenvalue weighted by atomic mass is 9.95. The molecule has 2 aromatic rings. The largest absolute Gasteiger partial charge is 0.573 e. The zero-order chi connectivity index (χ0) is 20.9. The van der Waals surface area contributed by atoms with Crippen LogP contribution in [0.5, 0.6) is 5.75 Å². The van der Waals surface area contributed by atoms with E-state index in [0.717, 1.165) is 17.7 Å². The molecule has 2 amide bonds. The number of nitrogens with one attached hydrogen (secondary N) is 1. The molecule has 2 aromatic carbocycles. The summed E-state index contributed by atoms with van der Waals surface area (Å²) in [4.78, 5) is 26.5. The van der Waals surface area contributed by atoms with Crippen molar-refractivity contribution in [3.05, 3.63) is 65.7 Å². The monoisotopic (exact) mass is 406 g/mol. The number of carbonyl (C=O) groups is 2. The van der Waals surface area contributed by atoms with Crippen molar-refractivity contribution in [2.45, 2.75) is 25.7 Å². The summed E-state index contributed by atoms with van der Waals surface area (Å²) in [7, 11) is 0. The summed E-state index contributed by atoms with van der Waals surface area (Å²) in [6.07, 6.45) is -3.68. The van der Waals surface area contributed by atoms with E-state index in [2.05, 4.69) is 10.1 Å². The zero-order valence-corrected chi connectivity index (χ0v) is 15.6. The molecule has 0 unspecified atom stereocenters. The van der Waals surface area contributed by atoms with Crippen LogP contribution in [0.25, 0.3) is 0 Å². The van der Waals surface area contributed by atoms with Crippen molar-refractivity contribution in [1.82, 2.24) is 10.2 Å². The lowest BCUT2D eigenvalue weighted by Gasteiger charge is -2.31. The Labute approximate surface area is 166 Å². The molecule has 1 aliphatic heterocycles. The SMILES string of the molecule is O=C(NCc1ccccc1)C1CCN(C(=O)c2ccc(OC(F)(F)F)cc2)CC1. The lowest BCUT2D eigenvalue weighted by Crippen LogP contribution is -2.42. The van der Waals surface area contributed by atoms with Crippen LogP contribution in [0.3, 0.4) is 0 Å². The molecule has 5 nitrogen and oxygen atoms in total. The maximum Gasteiger partial charge on any atom is 0.573 e. The van der Waals surface area contributed by atoms with Gasteiger partial charge in [-0.2, -0.15) is 0 Å². The van der Waals surface area contributed by atoms with E-state index in [1.807, 2.05) is 30.3 Å². The van der Waals surface area contributed by atoms with Gasteiger partial charge in [-0.25, -0.2) is 0 Å². The van der Waals surface area contributed by atoms with E-state index in [9.17, 15) is 22.8 Å². The van der Waals surface area contributed by atoms with Gasteiger partial charge >= 0.3 is 6.36 Å². The average Bonchev–Trinajstić information content (AvgIpc) is 2.72. The number of carbonyl (C=O) groups excluding carboxylic acids is 2. The van der Waals surface area contributed by atoms with Crippen LogP contribution in [0.4, 0.5) is 13.2 Å². The highest BCUT2D eigenvalue weighted by Crippen LogP contribution is 2.24. The van der Waals surface area contributed by atoms with E-state index in [0.29, 0.717) is 32.5 Å². The third-order valence-electron chi connectivity index (χ3n) is 4.80. The number of alkyl halides is 3. The predicted octanol–water partition coefficient (Wildman–Crippen LogP) is 3.75. The molecule has 1 saturated heterocycles. The van der Waals surface area contributed by atoms with Crippen molar-refractivity contribution in [1.29, 1.82) is 0 Å². The Bertz CT molecular complexity index is 830. The second kappa shape index (κ2) is 8.98. The fraction of sp³-hybridized carbons (Fsp3) is 0.333. The van der Waals surface area contributed by atoms with Crippen LogP contribution in [-0.2, 0) is 11.3 Å². The van der Waals surface area contributed by atoms with Gasteiger partial charge in [-0.05, 0) is 42.7 Å². The van der Waals surface area contributed by atoms with Gasteiger partial charge in [-0.15, -0.1) is 13.2 Å². The molecule has 1 fully saturated rings. The Morgan fingerprint density at radius 2 is 1.62 bits per heavy atom. The van der Waals surface area contributed by atoms with Gasteiger partial charge < -0.3 is 15.0 Å². The fourth-order valence-corrected chi connectivity index (χ4v) is 3.26. The molecule has 154 valence electrons. The number of hydrogen-bond acceptors (Lipinski definition) is 3. The molecule has 8 heteroatoms. The van der Waals surface area contributed by atoms with Crippen LogP contribution in [-0.4, -0.2) is 36.2 Å². The molecular weight excluding hydrogens is 385 g/mol. The highest BCUT2D eigenvalue weighted by molar-refractivity contribution is 5.94. The number of benzene rings is 2. The van der Waals surface area contributed by atoms with Crippen molar-refractivity contribution in [2.75, 3.05) is 13.1 Å². The fourth-order valence-electron chi connectivity index (χ4n) is 3.26. The molecule has 0 aliphatic carbocycles. The van der Waals surface area contributed by atoms with Crippen molar-refractivity contribution < 1.29 is 27.5 Å². The summed E-state index contributed by atoms with van der Waals surface area (Å²) in [6, 6.07) is 14.5. The third kappa shape index (κ3) is 5.97. The van der Waals surface area contributed by atoms with E-state index < -0.39 is 6.36 Å². The molecule has 1 aliphatic rings. The summed E-state index contributed by atoms with van der Waals surface area (Å²) in [5.41, 5.74) is 1.30. The third-order valence-corrected chi connectivity index (χ3v) is 4.80. The maximum atomic E-state index is 12.5. The van der Waals surface area contributed by atoms with Gasteiger partial charge in [0.2, 0.25) is 5.91 Å². The number of likely N-dealkylation sites (tertiary alicyclic amines) is 1. The minimum atomic E-state index is -4.77. The molecule has 0 bridgehead atoms. The van der Waals surface area contributed by atoms with Gasteiger partial charge in [0.1, 0.15) is 5.75 Å². The molecule has 3 rings (SSSR count). The lowest BCUT2D eigenvalue weighted by molar-refractivity contribution is -0.274. The molecule has 0 spiro atoms. The molecule has 0 saturated carbocycles. The Morgan fingerprint density at radius 3 is 2.21 bits per heavy atom. The van der Waals surface area contributed by atoms with Crippen LogP contribution >= 0.6 is 0 Å². The Kier molecular flexibility index (Phi) is 6.41. The van der Waals surface area contributed by atoms with E-state index >= 15 is 0 Å². The number of piperidine rings is 1. The molecule has 0 aromatic heterocycles. The van der Waals surface area contributed by atoms with Crippen LogP contribution < -0.4 is 10.1 Å². The first-order valence-electron chi connectivity index (χ1n) is 9.28. The first-order valence-corrected chi connectivity index (χ1v) is 9.28. The number of ether oxygens (including phenoxy) is 1. The average molecular weight is 406 g/mol. The van der Waals surface area contributed by atoms with Crippen molar-refractivity contribution in [2.24, 2.45) is 5.92 Å². The second-order valence-electron chi connectivity index (χ2n) is 6.84. The second-order valence-corrected chi connectivity index (χ2v) is 6.84. The summed E-state index contributed by atoms with van der Waals surface area (Å²) in [5.74, 6) is -0.838. The quantitative estimate of drug-likeness (QED) is 0.823.